The van der Waals surface area contributed by atoms with Crippen molar-refractivity contribution < 1.29 is 27.1 Å². The van der Waals surface area contributed by atoms with E-state index in [9.17, 15) is 27.2 Å². The number of ether oxygens (including phenoxy) is 1. The Bertz CT molecular complexity index is 1340. The topological polar surface area (TPSA) is 107 Å². The lowest BCUT2D eigenvalue weighted by molar-refractivity contribution is -0.138. The van der Waals surface area contributed by atoms with Crippen molar-refractivity contribution >= 4 is 40.3 Å². The molecule has 0 bridgehead atoms. The highest BCUT2D eigenvalue weighted by atomic mass is 32.1. The second-order valence-corrected chi connectivity index (χ2v) is 10.7. The van der Waals surface area contributed by atoms with Crippen molar-refractivity contribution in [3.8, 4) is 0 Å². The second kappa shape index (κ2) is 11.3. The first-order valence-electron chi connectivity index (χ1n) is 13.0. The second-order valence-electron chi connectivity index (χ2n) is 10.3. The van der Waals surface area contributed by atoms with Crippen LogP contribution in [0, 0.1) is 11.7 Å². The Hall–Kier alpha value is -3.33. The van der Waals surface area contributed by atoms with Gasteiger partial charge in [0.25, 0.3) is 5.56 Å². The van der Waals surface area contributed by atoms with Gasteiger partial charge < -0.3 is 24.8 Å². The minimum Gasteiger partial charge on any atom is -0.379 e. The summed E-state index contributed by atoms with van der Waals surface area (Å²) >= 11 is 5.83. The van der Waals surface area contributed by atoms with Gasteiger partial charge in [0.15, 0.2) is 5.82 Å². The van der Waals surface area contributed by atoms with E-state index in [0.29, 0.717) is 48.6 Å². The smallest absolute Gasteiger partial charge is 0.379 e. The van der Waals surface area contributed by atoms with Gasteiger partial charge in [-0.3, -0.25) is 9.59 Å². The minimum absolute atomic E-state index is 0.00695. The van der Waals surface area contributed by atoms with E-state index < -0.39 is 34.8 Å². The Labute approximate surface area is 232 Å². The lowest BCUT2D eigenvalue weighted by atomic mass is 10.1. The van der Waals surface area contributed by atoms with Crippen LogP contribution in [0.3, 0.4) is 0 Å². The number of amides is 1. The molecular weight excluding hydrogens is 554 g/mol. The summed E-state index contributed by atoms with van der Waals surface area (Å²) in [5, 5.41) is 7.82. The molecule has 0 unspecified atom stereocenters. The van der Waals surface area contributed by atoms with Crippen LogP contribution in [0.15, 0.2) is 23.3 Å². The van der Waals surface area contributed by atoms with Crippen molar-refractivity contribution in [3.63, 3.8) is 0 Å². The number of nitrogens with one attached hydrogen (secondary N) is 2. The molecule has 10 nitrogen and oxygen atoms in total. The largest absolute Gasteiger partial charge is 0.423 e. The van der Waals surface area contributed by atoms with E-state index in [-0.39, 0.29) is 31.6 Å². The lowest BCUT2D eigenvalue weighted by Gasteiger charge is -2.49. The molecule has 5 rings (SSSR count). The average Bonchev–Trinajstić information content (AvgIpc) is 3.72. The molecule has 1 aliphatic carbocycles. The molecule has 2 aliphatic heterocycles. The summed E-state index contributed by atoms with van der Waals surface area (Å²) < 4.78 is 59.3. The number of aromatic nitrogens is 3. The molecule has 1 saturated heterocycles. The number of halogens is 4. The number of rotatable bonds is 9. The summed E-state index contributed by atoms with van der Waals surface area (Å²) in [5.41, 5.74) is -2.47. The number of fused-ring (bicyclic) bond motifs is 3. The maximum Gasteiger partial charge on any atom is 0.423 e. The molecule has 2 N–H and O–H groups in total. The molecule has 0 radical (unpaired) electrons. The SMILES string of the molecule is C[C@@H](COCCC(=O)N1CCN2c3ncc(F)cc3N(CC3CC3)C(=S)[C@@H]2C1)Nc1cn[nH]c(=O)c1C(F)(F)F. The lowest BCUT2D eigenvalue weighted by Crippen LogP contribution is -2.63. The highest BCUT2D eigenvalue weighted by Gasteiger charge is 2.42. The van der Waals surface area contributed by atoms with E-state index in [1.807, 2.05) is 9.80 Å². The summed E-state index contributed by atoms with van der Waals surface area (Å²) in [7, 11) is 0. The van der Waals surface area contributed by atoms with Crippen LogP contribution < -0.4 is 20.7 Å². The van der Waals surface area contributed by atoms with Gasteiger partial charge in [-0.2, -0.15) is 18.3 Å². The number of alkyl halides is 3. The predicted octanol–water partition coefficient (Wildman–Crippen LogP) is 2.80. The molecule has 2 aromatic rings. The molecule has 0 spiro atoms. The first-order valence-corrected chi connectivity index (χ1v) is 13.4. The van der Waals surface area contributed by atoms with Gasteiger partial charge in [-0.15, -0.1) is 0 Å². The third-order valence-corrected chi connectivity index (χ3v) is 7.66. The highest BCUT2D eigenvalue weighted by molar-refractivity contribution is 7.80. The molecule has 2 aromatic heterocycles. The van der Waals surface area contributed by atoms with Crippen LogP contribution in [0.25, 0.3) is 0 Å². The number of piperazine rings is 1. The molecule has 15 heteroatoms. The van der Waals surface area contributed by atoms with Crippen LogP contribution in [-0.4, -0.2) is 82.5 Å². The predicted molar refractivity (Wildman–Crippen MR) is 143 cm³/mol. The van der Waals surface area contributed by atoms with Crippen LogP contribution >= 0.6 is 12.2 Å². The zero-order chi connectivity index (χ0) is 28.6. The van der Waals surface area contributed by atoms with Gasteiger partial charge in [0.2, 0.25) is 5.91 Å². The number of nitrogens with zero attached hydrogens (tertiary/aromatic N) is 5. The quantitative estimate of drug-likeness (QED) is 0.262. The molecule has 40 heavy (non-hydrogen) atoms. The fraction of sp³-hybridized carbons (Fsp3) is 0.560. The molecular formula is C25H29F4N7O3S. The van der Waals surface area contributed by atoms with Crippen molar-refractivity contribution in [2.75, 3.05) is 54.5 Å². The van der Waals surface area contributed by atoms with Crippen LogP contribution in [-0.2, 0) is 15.7 Å². The van der Waals surface area contributed by atoms with E-state index in [4.69, 9.17) is 17.0 Å². The maximum atomic E-state index is 14.0. The van der Waals surface area contributed by atoms with Crippen LogP contribution in [0.5, 0.6) is 0 Å². The highest BCUT2D eigenvalue weighted by Crippen LogP contribution is 2.40. The molecule has 1 amide bonds. The summed E-state index contributed by atoms with van der Waals surface area (Å²) in [6, 6.07) is 0.624. The number of anilines is 3. The Morgan fingerprint density at radius 1 is 1.30 bits per heavy atom. The van der Waals surface area contributed by atoms with Gasteiger partial charge in [-0.25, -0.2) is 14.5 Å². The van der Waals surface area contributed by atoms with Crippen LogP contribution in [0.4, 0.5) is 34.8 Å². The van der Waals surface area contributed by atoms with Gasteiger partial charge in [-0.1, -0.05) is 12.2 Å². The van der Waals surface area contributed by atoms with E-state index in [2.05, 4.69) is 15.4 Å². The average molecular weight is 584 g/mol. The number of carbonyl (C=O) groups excluding carboxylic acids is 1. The monoisotopic (exact) mass is 583 g/mol. The summed E-state index contributed by atoms with van der Waals surface area (Å²) in [4.78, 5) is 35.3. The number of thiocarbonyl (C=S) groups is 1. The third kappa shape index (κ3) is 6.04. The Morgan fingerprint density at radius 3 is 2.80 bits per heavy atom. The van der Waals surface area contributed by atoms with Gasteiger partial charge in [0.05, 0.1) is 49.4 Å². The van der Waals surface area contributed by atoms with Gasteiger partial charge in [-0.05, 0) is 25.7 Å². The molecule has 1 saturated carbocycles. The maximum absolute atomic E-state index is 14.0. The van der Waals surface area contributed by atoms with E-state index in [0.717, 1.165) is 19.0 Å². The summed E-state index contributed by atoms with van der Waals surface area (Å²) in [6.45, 7) is 3.67. The fourth-order valence-corrected chi connectivity index (χ4v) is 5.41. The summed E-state index contributed by atoms with van der Waals surface area (Å²) in [5.74, 6) is 0.624. The van der Waals surface area contributed by atoms with E-state index in [1.165, 1.54) is 12.3 Å². The van der Waals surface area contributed by atoms with Crippen molar-refractivity contribution in [1.29, 1.82) is 0 Å². The van der Waals surface area contributed by atoms with Crippen LogP contribution in [0.2, 0.25) is 0 Å². The fourth-order valence-electron chi connectivity index (χ4n) is 5.04. The number of H-pyrrole nitrogens is 1. The molecule has 4 heterocycles. The normalized spacial score (nSPS) is 19.8. The Kier molecular flexibility index (Phi) is 7.95. The van der Waals surface area contributed by atoms with E-state index >= 15 is 0 Å². The number of carbonyl (C=O) groups is 1. The zero-order valence-corrected chi connectivity index (χ0v) is 22.5. The molecule has 0 aromatic carbocycles. The molecule has 2 fully saturated rings. The Morgan fingerprint density at radius 2 is 2.08 bits per heavy atom. The minimum atomic E-state index is -4.85. The van der Waals surface area contributed by atoms with Crippen molar-refractivity contribution in [1.82, 2.24) is 20.1 Å². The number of pyridine rings is 1. The molecule has 216 valence electrons. The van der Waals surface area contributed by atoms with Crippen molar-refractivity contribution in [3.05, 3.63) is 40.2 Å². The number of hydrogen-bond acceptors (Lipinski definition) is 8. The standard InChI is InChI=1S/C25H29F4N7O3S/c1-14(32-17-10-31-33-23(38)21(17)25(27,28)29)13-39-7-4-20(37)34-5-6-35-19(12-34)24(40)36(11-15-2-3-15)18-8-16(26)9-30-22(18)35/h8-10,14-15,19H,2-7,11-13H2,1H3,(H2,32,33,38)/t14-,19-/m0/s1. The van der Waals surface area contributed by atoms with E-state index in [1.54, 1.807) is 16.9 Å². The van der Waals surface area contributed by atoms with Crippen LogP contribution in [0.1, 0.15) is 31.7 Å². The van der Waals surface area contributed by atoms with Crippen molar-refractivity contribution in [2.24, 2.45) is 5.92 Å². The van der Waals surface area contributed by atoms with Crippen molar-refractivity contribution in [2.45, 2.75) is 44.4 Å². The number of aromatic amines is 1. The third-order valence-electron chi connectivity index (χ3n) is 7.17. The molecule has 3 aliphatic rings. The molecule has 2 atom stereocenters. The van der Waals surface area contributed by atoms with Gasteiger partial charge in [0.1, 0.15) is 16.4 Å². The Balaban J connectivity index is 1.14. The zero-order valence-electron chi connectivity index (χ0n) is 21.7. The summed E-state index contributed by atoms with van der Waals surface area (Å²) in [6.07, 6.45) is -0.461. The van der Waals surface area contributed by atoms with Gasteiger partial charge >= 0.3 is 6.18 Å². The first-order chi connectivity index (χ1) is 19.0. The number of hydrogen-bond donors (Lipinski definition) is 2. The van der Waals surface area contributed by atoms with Gasteiger partial charge in [0, 0.05) is 38.3 Å². The first kappa shape index (κ1) is 28.2.